The summed E-state index contributed by atoms with van der Waals surface area (Å²) in [5.74, 6) is -0.712. The molecule has 1 fully saturated rings. The molecule has 4 amide bonds. The van der Waals surface area contributed by atoms with E-state index in [0.29, 0.717) is 42.9 Å². The maximum atomic E-state index is 13.3. The van der Waals surface area contributed by atoms with Gasteiger partial charge in [-0.25, -0.2) is 5.01 Å². The second kappa shape index (κ2) is 9.44. The number of benzene rings is 2. The molecule has 1 saturated heterocycles. The fourth-order valence-electron chi connectivity index (χ4n) is 4.65. The molecule has 0 saturated carbocycles. The van der Waals surface area contributed by atoms with Gasteiger partial charge in [0, 0.05) is 38.9 Å². The molecule has 0 atom stereocenters. The van der Waals surface area contributed by atoms with Crippen LogP contribution in [0.4, 0.5) is 11.4 Å². The first-order chi connectivity index (χ1) is 15.8. The number of fused-ring (bicyclic) bond motifs is 1. The number of hydrogen-bond donors (Lipinski definition) is 2. The summed E-state index contributed by atoms with van der Waals surface area (Å²) in [6.45, 7) is 3.69. The predicted molar refractivity (Wildman–Crippen MR) is 124 cm³/mol. The Labute approximate surface area is 192 Å². The minimum absolute atomic E-state index is 0.0457. The second-order valence-electron chi connectivity index (χ2n) is 8.67. The Morgan fingerprint density at radius 1 is 0.848 bits per heavy atom. The normalized spacial score (nSPS) is 15.3. The molecule has 2 aliphatic rings. The molecule has 0 bridgehead atoms. The first kappa shape index (κ1) is 22.5. The molecule has 2 N–H and O–H groups in total. The number of anilines is 2. The first-order valence-corrected chi connectivity index (χ1v) is 11.2. The summed E-state index contributed by atoms with van der Waals surface area (Å²) >= 11 is 0. The lowest BCUT2D eigenvalue weighted by Crippen LogP contribution is -2.45. The minimum Gasteiger partial charge on any atom is -0.325 e. The number of hydrazine groups is 1. The van der Waals surface area contributed by atoms with Crippen LogP contribution < -0.4 is 10.6 Å². The van der Waals surface area contributed by atoms with E-state index < -0.39 is 0 Å². The summed E-state index contributed by atoms with van der Waals surface area (Å²) in [4.78, 5) is 49.5. The molecule has 0 unspecified atom stereocenters. The Bertz CT molecular complexity index is 1090. The maximum Gasteiger partial charge on any atom is 0.272 e. The number of nitrogens with zero attached hydrogens (tertiary/aromatic N) is 2. The molecule has 0 aromatic heterocycles. The van der Waals surface area contributed by atoms with Gasteiger partial charge in [0.25, 0.3) is 5.91 Å². The Balaban J connectivity index is 1.47. The van der Waals surface area contributed by atoms with E-state index in [2.05, 4.69) is 22.8 Å². The average Bonchev–Trinajstić information content (AvgIpc) is 3.40. The first-order valence-electron chi connectivity index (χ1n) is 11.2. The molecule has 33 heavy (non-hydrogen) atoms. The predicted octanol–water partition coefficient (Wildman–Crippen LogP) is 3.00. The van der Waals surface area contributed by atoms with E-state index in [1.165, 1.54) is 36.0 Å². The van der Waals surface area contributed by atoms with E-state index in [-0.39, 0.29) is 29.5 Å². The van der Waals surface area contributed by atoms with Gasteiger partial charge in [0.15, 0.2) is 0 Å². The van der Waals surface area contributed by atoms with Crippen molar-refractivity contribution in [1.29, 1.82) is 0 Å². The van der Waals surface area contributed by atoms with E-state index in [9.17, 15) is 19.2 Å². The highest BCUT2D eigenvalue weighted by Gasteiger charge is 2.33. The Morgan fingerprint density at radius 3 is 2.09 bits per heavy atom. The molecular weight excluding hydrogens is 420 g/mol. The van der Waals surface area contributed by atoms with E-state index in [1.807, 2.05) is 12.1 Å². The van der Waals surface area contributed by atoms with Crippen molar-refractivity contribution in [3.63, 3.8) is 0 Å². The van der Waals surface area contributed by atoms with Gasteiger partial charge in [-0.3, -0.25) is 24.2 Å². The van der Waals surface area contributed by atoms with Crippen LogP contribution in [0.3, 0.4) is 0 Å². The average molecular weight is 449 g/mol. The van der Waals surface area contributed by atoms with Crippen molar-refractivity contribution >= 4 is 35.0 Å². The fraction of sp³-hybridized carbons (Fsp3) is 0.360. The number of carbonyl (C=O) groups is 4. The zero-order valence-electron chi connectivity index (χ0n) is 18.9. The van der Waals surface area contributed by atoms with Crippen LogP contribution in [0.15, 0.2) is 42.5 Å². The van der Waals surface area contributed by atoms with Crippen molar-refractivity contribution in [3.8, 4) is 0 Å². The lowest BCUT2D eigenvalue weighted by Gasteiger charge is -2.29. The Hall–Kier alpha value is -3.68. The van der Waals surface area contributed by atoms with Gasteiger partial charge in [-0.2, -0.15) is 0 Å². The number of carbonyl (C=O) groups excluding carboxylic acids is 4. The van der Waals surface area contributed by atoms with Gasteiger partial charge in [-0.05, 0) is 54.5 Å². The molecule has 2 aromatic carbocycles. The lowest BCUT2D eigenvalue weighted by molar-refractivity contribution is -0.141. The van der Waals surface area contributed by atoms with E-state index in [0.717, 1.165) is 12.8 Å². The summed E-state index contributed by atoms with van der Waals surface area (Å²) < 4.78 is 0. The Morgan fingerprint density at radius 2 is 1.45 bits per heavy atom. The largest absolute Gasteiger partial charge is 0.325 e. The van der Waals surface area contributed by atoms with Crippen LogP contribution in [-0.4, -0.2) is 46.7 Å². The minimum atomic E-state index is -0.318. The molecule has 172 valence electrons. The van der Waals surface area contributed by atoms with Crippen LogP contribution in [0.25, 0.3) is 0 Å². The third kappa shape index (κ3) is 5.05. The highest BCUT2D eigenvalue weighted by molar-refractivity contribution is 6.02. The van der Waals surface area contributed by atoms with E-state index in [1.54, 1.807) is 17.1 Å². The summed E-state index contributed by atoms with van der Waals surface area (Å²) in [5.41, 5.74) is 3.68. The highest BCUT2D eigenvalue weighted by atomic mass is 16.2. The zero-order chi connectivity index (χ0) is 23.5. The van der Waals surface area contributed by atoms with Crippen LogP contribution in [0.5, 0.6) is 0 Å². The van der Waals surface area contributed by atoms with Gasteiger partial charge in [0.2, 0.25) is 17.7 Å². The quantitative estimate of drug-likeness (QED) is 0.735. The molecule has 1 aliphatic heterocycles. The number of rotatable bonds is 5. The number of amides is 4. The van der Waals surface area contributed by atoms with Gasteiger partial charge in [0.05, 0.1) is 11.4 Å². The number of nitrogens with one attached hydrogen (secondary N) is 2. The van der Waals surface area contributed by atoms with Gasteiger partial charge < -0.3 is 10.6 Å². The molecule has 1 heterocycles. The van der Waals surface area contributed by atoms with Crippen LogP contribution >= 0.6 is 0 Å². The maximum absolute atomic E-state index is 13.3. The van der Waals surface area contributed by atoms with Crippen molar-refractivity contribution in [2.75, 3.05) is 23.7 Å². The third-order valence-electron chi connectivity index (χ3n) is 6.04. The van der Waals surface area contributed by atoms with Crippen LogP contribution in [0.1, 0.15) is 48.2 Å². The molecule has 2 aromatic rings. The van der Waals surface area contributed by atoms with Gasteiger partial charge in [-0.15, -0.1) is 0 Å². The van der Waals surface area contributed by atoms with E-state index in [4.69, 9.17) is 0 Å². The molecule has 4 rings (SSSR count). The molecule has 0 spiro atoms. The molecule has 8 heteroatoms. The fourth-order valence-corrected chi connectivity index (χ4v) is 4.65. The third-order valence-corrected chi connectivity index (χ3v) is 6.04. The molecular formula is C25H28N4O4. The van der Waals surface area contributed by atoms with E-state index >= 15 is 0 Å². The Kier molecular flexibility index (Phi) is 6.44. The summed E-state index contributed by atoms with van der Waals surface area (Å²) in [5, 5.41) is 8.35. The van der Waals surface area contributed by atoms with Gasteiger partial charge in [-0.1, -0.05) is 24.3 Å². The monoisotopic (exact) mass is 448 g/mol. The molecule has 0 radical (unpaired) electrons. The van der Waals surface area contributed by atoms with Crippen LogP contribution in [-0.2, 0) is 27.2 Å². The summed E-state index contributed by atoms with van der Waals surface area (Å²) in [6, 6.07) is 13.0. The summed E-state index contributed by atoms with van der Waals surface area (Å²) in [6.07, 6.45) is 2.88. The topological polar surface area (TPSA) is 98.8 Å². The molecule has 1 aliphatic carbocycles. The second-order valence-corrected chi connectivity index (χ2v) is 8.67. The van der Waals surface area contributed by atoms with Gasteiger partial charge >= 0.3 is 0 Å². The number of hydrogen-bond acceptors (Lipinski definition) is 4. The van der Waals surface area contributed by atoms with Crippen molar-refractivity contribution in [3.05, 3.63) is 59.2 Å². The van der Waals surface area contributed by atoms with Crippen molar-refractivity contribution in [2.24, 2.45) is 5.92 Å². The van der Waals surface area contributed by atoms with Crippen LogP contribution in [0.2, 0.25) is 0 Å². The van der Waals surface area contributed by atoms with Crippen molar-refractivity contribution in [2.45, 2.75) is 39.5 Å². The van der Waals surface area contributed by atoms with Crippen LogP contribution in [0, 0.1) is 5.92 Å². The van der Waals surface area contributed by atoms with Crippen molar-refractivity contribution in [1.82, 2.24) is 10.0 Å². The smallest absolute Gasteiger partial charge is 0.272 e. The molecule has 8 nitrogen and oxygen atoms in total. The standard InChI is InChI=1S/C25H28N4O4/c1-16(30)26-22-9-8-21(15-23(22)27-17(2)31)25(33)29-11-5-10-28(29)24(32)14-18-12-19-6-3-4-7-20(19)13-18/h3-4,6-9,15,18H,5,10-14H2,1-2H3,(H,26,30)(H,27,31). The van der Waals surface area contributed by atoms with Crippen molar-refractivity contribution < 1.29 is 19.2 Å². The zero-order valence-corrected chi connectivity index (χ0v) is 18.9. The SMILES string of the molecule is CC(=O)Nc1ccc(C(=O)N2CCCN2C(=O)CC2Cc3ccccc3C2)cc1NC(C)=O. The highest BCUT2D eigenvalue weighted by Crippen LogP contribution is 2.30. The lowest BCUT2D eigenvalue weighted by atomic mass is 10.0. The van der Waals surface area contributed by atoms with Gasteiger partial charge in [0.1, 0.15) is 0 Å². The summed E-state index contributed by atoms with van der Waals surface area (Å²) in [7, 11) is 0.